The van der Waals surface area contributed by atoms with Crippen LogP contribution in [0.4, 0.5) is 0 Å². The summed E-state index contributed by atoms with van der Waals surface area (Å²) in [6.45, 7) is 4.47. The summed E-state index contributed by atoms with van der Waals surface area (Å²) in [4.78, 5) is 2.43. The molecule has 1 saturated heterocycles. The van der Waals surface area contributed by atoms with E-state index in [1.807, 2.05) is 0 Å². The van der Waals surface area contributed by atoms with E-state index in [0.29, 0.717) is 5.92 Å². The predicted molar refractivity (Wildman–Crippen MR) is 63.5 cm³/mol. The van der Waals surface area contributed by atoms with E-state index in [2.05, 4.69) is 27.5 Å². The summed E-state index contributed by atoms with van der Waals surface area (Å²) in [5, 5.41) is 11.2. The molecule has 1 aromatic heterocycles. The third-order valence-electron chi connectivity index (χ3n) is 3.85. The lowest BCUT2D eigenvalue weighted by Crippen LogP contribution is -2.32. The summed E-state index contributed by atoms with van der Waals surface area (Å²) >= 11 is 0. The number of H-pyrrole nitrogens is 1. The second-order valence-electron chi connectivity index (χ2n) is 5.09. The second kappa shape index (κ2) is 4.18. The Kier molecular flexibility index (Phi) is 2.69. The van der Waals surface area contributed by atoms with E-state index in [-0.39, 0.29) is 0 Å². The molecule has 4 heteroatoms. The quantitative estimate of drug-likeness (QED) is 0.738. The molecule has 0 radical (unpaired) electrons. The Labute approximate surface area is 96.4 Å². The largest absolute Gasteiger partial charge is 0.311 e. The lowest BCUT2D eigenvalue weighted by molar-refractivity contribution is 0.248. The van der Waals surface area contributed by atoms with Crippen LogP contribution < -0.4 is 5.32 Å². The van der Waals surface area contributed by atoms with Crippen molar-refractivity contribution in [3.05, 3.63) is 17.0 Å². The van der Waals surface area contributed by atoms with Gasteiger partial charge in [0.05, 0.1) is 11.4 Å². The van der Waals surface area contributed by atoms with Gasteiger partial charge in [-0.25, -0.2) is 0 Å². The van der Waals surface area contributed by atoms with E-state index in [4.69, 9.17) is 0 Å². The molecule has 3 rings (SSSR count). The summed E-state index contributed by atoms with van der Waals surface area (Å²) < 4.78 is 0. The molecule has 16 heavy (non-hydrogen) atoms. The smallest absolute Gasteiger partial charge is 0.0701 e. The van der Waals surface area contributed by atoms with Gasteiger partial charge in [-0.3, -0.25) is 5.10 Å². The van der Waals surface area contributed by atoms with Crippen LogP contribution in [0.2, 0.25) is 0 Å². The van der Waals surface area contributed by atoms with Crippen LogP contribution in [0.15, 0.2) is 0 Å². The van der Waals surface area contributed by atoms with Gasteiger partial charge in [0, 0.05) is 19.0 Å². The lowest BCUT2D eigenvalue weighted by atomic mass is 9.90. The fourth-order valence-electron chi connectivity index (χ4n) is 3.00. The first kappa shape index (κ1) is 10.3. The molecular formula is C12H20N4. The van der Waals surface area contributed by atoms with Gasteiger partial charge in [-0.05, 0) is 45.0 Å². The Morgan fingerprint density at radius 3 is 3.25 bits per heavy atom. The van der Waals surface area contributed by atoms with Crippen LogP contribution in [-0.4, -0.2) is 41.8 Å². The standard InChI is InChI=1S/C12H20N4/c1-16-6-2-3-9(8-16)12-10-4-5-13-7-11(10)14-15-12/h9,13H,2-8H2,1H3,(H,14,15). The first-order valence-corrected chi connectivity index (χ1v) is 6.30. The third-order valence-corrected chi connectivity index (χ3v) is 3.85. The van der Waals surface area contributed by atoms with Gasteiger partial charge < -0.3 is 10.2 Å². The summed E-state index contributed by atoms with van der Waals surface area (Å²) in [7, 11) is 2.22. The molecule has 2 aliphatic heterocycles. The Balaban J connectivity index is 1.85. The average Bonchev–Trinajstić information content (AvgIpc) is 2.72. The molecule has 0 spiro atoms. The molecule has 1 aromatic rings. The Bertz CT molecular complexity index is 371. The van der Waals surface area contributed by atoms with Gasteiger partial charge in [-0.1, -0.05) is 0 Å². The number of hydrogen-bond acceptors (Lipinski definition) is 3. The van der Waals surface area contributed by atoms with Gasteiger partial charge in [0.2, 0.25) is 0 Å². The van der Waals surface area contributed by atoms with Crippen molar-refractivity contribution in [1.82, 2.24) is 20.4 Å². The maximum Gasteiger partial charge on any atom is 0.0701 e. The van der Waals surface area contributed by atoms with E-state index in [0.717, 1.165) is 19.5 Å². The highest BCUT2D eigenvalue weighted by atomic mass is 15.2. The molecule has 3 heterocycles. The molecule has 2 N–H and O–H groups in total. The molecule has 1 atom stereocenters. The van der Waals surface area contributed by atoms with Crippen molar-refractivity contribution >= 4 is 0 Å². The van der Waals surface area contributed by atoms with Gasteiger partial charge in [0.1, 0.15) is 0 Å². The number of likely N-dealkylation sites (N-methyl/N-ethyl adjacent to an activating group) is 1. The molecule has 4 nitrogen and oxygen atoms in total. The fourth-order valence-corrected chi connectivity index (χ4v) is 3.00. The van der Waals surface area contributed by atoms with Gasteiger partial charge in [0.25, 0.3) is 0 Å². The van der Waals surface area contributed by atoms with Gasteiger partial charge in [-0.2, -0.15) is 5.10 Å². The van der Waals surface area contributed by atoms with Crippen molar-refractivity contribution in [3.8, 4) is 0 Å². The van der Waals surface area contributed by atoms with E-state index in [1.54, 1.807) is 0 Å². The molecule has 0 aliphatic carbocycles. The Hall–Kier alpha value is -0.870. The molecule has 0 bridgehead atoms. The van der Waals surface area contributed by atoms with Crippen LogP contribution in [0.5, 0.6) is 0 Å². The molecule has 0 aromatic carbocycles. The summed E-state index contributed by atoms with van der Waals surface area (Å²) in [6.07, 6.45) is 3.75. The number of rotatable bonds is 1. The minimum absolute atomic E-state index is 0.650. The van der Waals surface area contributed by atoms with Crippen LogP contribution in [0.3, 0.4) is 0 Å². The average molecular weight is 220 g/mol. The van der Waals surface area contributed by atoms with Crippen molar-refractivity contribution in [3.63, 3.8) is 0 Å². The summed E-state index contributed by atoms with van der Waals surface area (Å²) in [6, 6.07) is 0. The van der Waals surface area contributed by atoms with Gasteiger partial charge in [0.15, 0.2) is 0 Å². The SMILES string of the molecule is CN1CCCC(c2n[nH]c3c2CCNC3)C1. The maximum atomic E-state index is 4.56. The van der Waals surface area contributed by atoms with Crippen LogP contribution in [0.25, 0.3) is 0 Å². The normalized spacial score (nSPS) is 26.7. The van der Waals surface area contributed by atoms with E-state index >= 15 is 0 Å². The Morgan fingerprint density at radius 1 is 1.44 bits per heavy atom. The van der Waals surface area contributed by atoms with Crippen molar-refractivity contribution in [1.29, 1.82) is 0 Å². The Morgan fingerprint density at radius 2 is 2.38 bits per heavy atom. The highest BCUT2D eigenvalue weighted by Gasteiger charge is 2.26. The van der Waals surface area contributed by atoms with Crippen molar-refractivity contribution in [2.45, 2.75) is 31.7 Å². The van der Waals surface area contributed by atoms with Crippen molar-refractivity contribution < 1.29 is 0 Å². The second-order valence-corrected chi connectivity index (χ2v) is 5.09. The zero-order valence-electron chi connectivity index (χ0n) is 9.92. The minimum Gasteiger partial charge on any atom is -0.311 e. The zero-order chi connectivity index (χ0) is 11.0. The van der Waals surface area contributed by atoms with E-state index in [1.165, 1.54) is 42.9 Å². The highest BCUT2D eigenvalue weighted by molar-refractivity contribution is 5.30. The number of fused-ring (bicyclic) bond motifs is 1. The van der Waals surface area contributed by atoms with Gasteiger partial charge >= 0.3 is 0 Å². The van der Waals surface area contributed by atoms with Crippen LogP contribution in [0, 0.1) is 0 Å². The van der Waals surface area contributed by atoms with E-state index in [9.17, 15) is 0 Å². The van der Waals surface area contributed by atoms with E-state index < -0.39 is 0 Å². The molecule has 1 unspecified atom stereocenters. The summed E-state index contributed by atoms with van der Waals surface area (Å²) in [5.74, 6) is 0.650. The highest BCUT2D eigenvalue weighted by Crippen LogP contribution is 2.29. The van der Waals surface area contributed by atoms with Crippen molar-refractivity contribution in [2.75, 3.05) is 26.7 Å². The number of likely N-dealkylation sites (tertiary alicyclic amines) is 1. The van der Waals surface area contributed by atoms with Crippen LogP contribution in [0.1, 0.15) is 35.7 Å². The minimum atomic E-state index is 0.650. The van der Waals surface area contributed by atoms with Gasteiger partial charge in [-0.15, -0.1) is 0 Å². The number of piperidine rings is 1. The topological polar surface area (TPSA) is 44.0 Å². The van der Waals surface area contributed by atoms with Crippen LogP contribution in [-0.2, 0) is 13.0 Å². The molecule has 1 fully saturated rings. The molecule has 0 saturated carbocycles. The third kappa shape index (κ3) is 1.76. The molecule has 2 aliphatic rings. The first-order chi connectivity index (χ1) is 7.84. The molecular weight excluding hydrogens is 200 g/mol. The number of nitrogens with one attached hydrogen (secondary N) is 2. The number of nitrogens with zero attached hydrogens (tertiary/aromatic N) is 2. The number of aromatic nitrogens is 2. The predicted octanol–water partition coefficient (Wildman–Crippen LogP) is 0.865. The first-order valence-electron chi connectivity index (χ1n) is 6.30. The zero-order valence-corrected chi connectivity index (χ0v) is 9.92. The molecule has 0 amide bonds. The molecule has 88 valence electrons. The van der Waals surface area contributed by atoms with Crippen LogP contribution >= 0.6 is 0 Å². The number of hydrogen-bond donors (Lipinski definition) is 2. The monoisotopic (exact) mass is 220 g/mol. The number of aromatic amines is 1. The van der Waals surface area contributed by atoms with Crippen molar-refractivity contribution in [2.24, 2.45) is 0 Å². The fraction of sp³-hybridized carbons (Fsp3) is 0.750. The lowest BCUT2D eigenvalue weighted by Gasteiger charge is -2.29. The summed E-state index contributed by atoms with van der Waals surface area (Å²) in [5.41, 5.74) is 4.16. The maximum absolute atomic E-state index is 4.56.